The lowest BCUT2D eigenvalue weighted by Gasteiger charge is -2.36. The number of rotatable bonds is 9. The van der Waals surface area contributed by atoms with Gasteiger partial charge in [-0.2, -0.15) is 0 Å². The van der Waals surface area contributed by atoms with Gasteiger partial charge in [-0.3, -0.25) is 0 Å². The lowest BCUT2D eigenvalue weighted by molar-refractivity contribution is -0.141. The van der Waals surface area contributed by atoms with E-state index in [1.807, 2.05) is 24.3 Å². The van der Waals surface area contributed by atoms with Gasteiger partial charge >= 0.3 is 0 Å². The van der Waals surface area contributed by atoms with Crippen LogP contribution in [0.4, 0.5) is 14.5 Å². The van der Waals surface area contributed by atoms with Crippen LogP contribution in [-0.4, -0.2) is 39.5 Å². The maximum absolute atomic E-state index is 14.1. The standard InChI is InChI=1S/C37H41F2NO3/c1-41-36(42-2)29-18-22-40(23-19-29)31-11-8-28(9-12-31)35-33(27-16-20-37(38,39)21-17-27)14-10-30-24-32(13-15-34(30)35)43-25-26-6-4-3-5-7-26/h3-9,11-13,15-16,24,29,36H,10,14,17-23,25H2,1-2H3. The molecule has 6 rings (SSSR count). The van der Waals surface area contributed by atoms with Gasteiger partial charge in [-0.05, 0) is 95.3 Å². The van der Waals surface area contributed by atoms with E-state index in [2.05, 4.69) is 53.4 Å². The molecular formula is C37H41F2NO3. The van der Waals surface area contributed by atoms with Crippen LogP contribution >= 0.6 is 0 Å². The van der Waals surface area contributed by atoms with Gasteiger partial charge in [-0.15, -0.1) is 0 Å². The molecule has 2 aliphatic carbocycles. The van der Waals surface area contributed by atoms with Crippen LogP contribution in [0.3, 0.4) is 0 Å². The molecule has 0 radical (unpaired) electrons. The molecule has 3 aliphatic rings. The van der Waals surface area contributed by atoms with Gasteiger partial charge in [-0.1, -0.05) is 54.6 Å². The van der Waals surface area contributed by atoms with E-state index in [1.165, 1.54) is 28.0 Å². The number of allylic oxidation sites excluding steroid dienone is 3. The highest BCUT2D eigenvalue weighted by Gasteiger charge is 2.33. The Morgan fingerprint density at radius 1 is 0.884 bits per heavy atom. The largest absolute Gasteiger partial charge is 0.489 e. The first-order valence-corrected chi connectivity index (χ1v) is 15.5. The van der Waals surface area contributed by atoms with E-state index < -0.39 is 5.92 Å². The summed E-state index contributed by atoms with van der Waals surface area (Å²) in [6.07, 6.45) is 5.51. The Bertz CT molecular complexity index is 1450. The van der Waals surface area contributed by atoms with E-state index in [0.29, 0.717) is 18.9 Å². The number of piperidine rings is 1. The zero-order valence-corrected chi connectivity index (χ0v) is 25.2. The fourth-order valence-corrected chi connectivity index (χ4v) is 6.87. The molecule has 0 atom stereocenters. The van der Waals surface area contributed by atoms with Crippen molar-refractivity contribution in [2.75, 3.05) is 32.2 Å². The topological polar surface area (TPSA) is 30.9 Å². The third-order valence-electron chi connectivity index (χ3n) is 9.25. The van der Waals surface area contributed by atoms with Crippen molar-refractivity contribution in [3.63, 3.8) is 0 Å². The van der Waals surface area contributed by atoms with Crippen LogP contribution < -0.4 is 9.64 Å². The van der Waals surface area contributed by atoms with E-state index in [9.17, 15) is 8.78 Å². The lowest BCUT2D eigenvalue weighted by atomic mass is 9.77. The summed E-state index contributed by atoms with van der Waals surface area (Å²) < 4.78 is 45.3. The Labute approximate surface area is 254 Å². The Balaban J connectivity index is 1.27. The molecule has 0 aromatic heterocycles. The summed E-state index contributed by atoms with van der Waals surface area (Å²) in [5.41, 5.74) is 9.32. The average molecular weight is 586 g/mol. The van der Waals surface area contributed by atoms with Crippen LogP contribution in [0, 0.1) is 5.92 Å². The Morgan fingerprint density at radius 2 is 1.63 bits per heavy atom. The van der Waals surface area contributed by atoms with Gasteiger partial charge < -0.3 is 19.1 Å². The van der Waals surface area contributed by atoms with Crippen molar-refractivity contribution in [2.24, 2.45) is 5.92 Å². The lowest BCUT2D eigenvalue weighted by Crippen LogP contribution is -2.39. The molecule has 6 heteroatoms. The fraction of sp³-hybridized carbons (Fsp3) is 0.405. The molecule has 226 valence electrons. The normalized spacial score (nSPS) is 18.9. The minimum atomic E-state index is -2.61. The Morgan fingerprint density at radius 3 is 2.30 bits per heavy atom. The van der Waals surface area contributed by atoms with Crippen LogP contribution in [0.1, 0.15) is 60.8 Å². The molecule has 0 saturated carbocycles. The summed E-state index contributed by atoms with van der Waals surface area (Å²) in [5, 5.41) is 0. The molecule has 0 amide bonds. The third kappa shape index (κ3) is 6.71. The number of hydrogen-bond acceptors (Lipinski definition) is 4. The number of fused-ring (bicyclic) bond motifs is 1. The first-order valence-electron chi connectivity index (χ1n) is 15.5. The molecule has 1 saturated heterocycles. The fourth-order valence-electron chi connectivity index (χ4n) is 6.87. The molecule has 3 aromatic rings. The maximum atomic E-state index is 14.1. The predicted molar refractivity (Wildman–Crippen MR) is 168 cm³/mol. The first kappa shape index (κ1) is 29.6. The van der Waals surface area contributed by atoms with Gasteiger partial charge in [0.15, 0.2) is 6.29 Å². The number of nitrogens with zero attached hydrogens (tertiary/aromatic N) is 1. The average Bonchev–Trinajstić information content (AvgIpc) is 3.05. The second kappa shape index (κ2) is 13.0. The number of hydrogen-bond donors (Lipinski definition) is 0. The smallest absolute Gasteiger partial charge is 0.251 e. The number of halogens is 2. The molecule has 0 spiro atoms. The summed E-state index contributed by atoms with van der Waals surface area (Å²) in [6, 6.07) is 25.4. The second-order valence-corrected chi connectivity index (χ2v) is 11.9. The molecule has 43 heavy (non-hydrogen) atoms. The van der Waals surface area contributed by atoms with Crippen LogP contribution in [0.25, 0.3) is 5.57 Å². The zero-order chi connectivity index (χ0) is 29.8. The number of ether oxygens (including phenoxy) is 3. The second-order valence-electron chi connectivity index (χ2n) is 11.9. The number of alkyl halides is 2. The molecule has 1 aliphatic heterocycles. The van der Waals surface area contributed by atoms with E-state index in [1.54, 1.807) is 20.3 Å². The van der Waals surface area contributed by atoms with Crippen molar-refractivity contribution < 1.29 is 23.0 Å². The monoisotopic (exact) mass is 585 g/mol. The number of benzene rings is 3. The first-order chi connectivity index (χ1) is 20.9. The third-order valence-corrected chi connectivity index (χ3v) is 9.25. The SMILES string of the molecule is COC(OC)C1CCN(c2ccc(C3=C(C4=CCC(F)(F)CC4)CCc4cc(OCc5ccccc5)ccc43)cc2)CC1. The van der Waals surface area contributed by atoms with Crippen molar-refractivity contribution in [1.29, 1.82) is 0 Å². The Hall–Kier alpha value is -3.48. The van der Waals surface area contributed by atoms with Crippen LogP contribution in [0.15, 0.2) is 90.0 Å². The number of aryl methyl sites for hydroxylation is 1. The summed E-state index contributed by atoms with van der Waals surface area (Å²) >= 11 is 0. The summed E-state index contributed by atoms with van der Waals surface area (Å²) in [7, 11) is 3.41. The number of anilines is 1. The number of methoxy groups -OCH3 is 2. The molecule has 1 fully saturated rings. The van der Waals surface area contributed by atoms with Gasteiger partial charge in [0, 0.05) is 51.8 Å². The zero-order valence-electron chi connectivity index (χ0n) is 25.2. The summed E-state index contributed by atoms with van der Waals surface area (Å²) in [6.45, 7) is 2.43. The van der Waals surface area contributed by atoms with Crippen molar-refractivity contribution in [3.05, 3.63) is 112 Å². The predicted octanol–water partition coefficient (Wildman–Crippen LogP) is 8.59. The van der Waals surface area contributed by atoms with E-state index in [4.69, 9.17) is 14.2 Å². The van der Waals surface area contributed by atoms with E-state index in [-0.39, 0.29) is 19.1 Å². The van der Waals surface area contributed by atoms with Crippen molar-refractivity contribution in [1.82, 2.24) is 0 Å². The molecule has 1 heterocycles. The quantitative estimate of drug-likeness (QED) is 0.235. The van der Waals surface area contributed by atoms with Crippen LogP contribution in [0.2, 0.25) is 0 Å². The molecule has 0 bridgehead atoms. The van der Waals surface area contributed by atoms with Gasteiger partial charge in [0.2, 0.25) is 0 Å². The molecule has 4 nitrogen and oxygen atoms in total. The van der Waals surface area contributed by atoms with Crippen molar-refractivity contribution in [3.8, 4) is 5.75 Å². The van der Waals surface area contributed by atoms with E-state index in [0.717, 1.165) is 61.2 Å². The minimum Gasteiger partial charge on any atom is -0.489 e. The molecule has 3 aromatic carbocycles. The molecule has 0 N–H and O–H groups in total. The maximum Gasteiger partial charge on any atom is 0.251 e. The Kier molecular flexibility index (Phi) is 8.96. The highest BCUT2D eigenvalue weighted by molar-refractivity contribution is 5.88. The van der Waals surface area contributed by atoms with Crippen molar-refractivity contribution in [2.45, 2.75) is 63.8 Å². The van der Waals surface area contributed by atoms with E-state index >= 15 is 0 Å². The van der Waals surface area contributed by atoms with Crippen molar-refractivity contribution >= 4 is 11.3 Å². The molecular weight excluding hydrogens is 544 g/mol. The molecule has 0 unspecified atom stereocenters. The van der Waals surface area contributed by atoms with Gasteiger partial charge in [-0.25, -0.2) is 8.78 Å². The summed E-state index contributed by atoms with van der Waals surface area (Å²) in [5.74, 6) is -1.36. The summed E-state index contributed by atoms with van der Waals surface area (Å²) in [4.78, 5) is 2.43. The van der Waals surface area contributed by atoms with Crippen LogP contribution in [0.5, 0.6) is 5.75 Å². The highest BCUT2D eigenvalue weighted by Crippen LogP contribution is 2.44. The minimum absolute atomic E-state index is 0.0867. The van der Waals surface area contributed by atoms with Gasteiger partial charge in [0.05, 0.1) is 0 Å². The highest BCUT2D eigenvalue weighted by atomic mass is 19.3. The van der Waals surface area contributed by atoms with Gasteiger partial charge in [0.25, 0.3) is 5.92 Å². The van der Waals surface area contributed by atoms with Gasteiger partial charge in [0.1, 0.15) is 12.4 Å². The van der Waals surface area contributed by atoms with Crippen LogP contribution in [-0.2, 0) is 22.5 Å².